The van der Waals surface area contributed by atoms with Crippen LogP contribution >= 0.6 is 11.3 Å². The maximum absolute atomic E-state index is 9.49. The summed E-state index contributed by atoms with van der Waals surface area (Å²) in [4.78, 5) is 13.5. The van der Waals surface area contributed by atoms with Crippen molar-refractivity contribution < 1.29 is 40.5 Å². The third-order valence-corrected chi connectivity index (χ3v) is 4.11. The van der Waals surface area contributed by atoms with Crippen LogP contribution in [0.4, 0.5) is 0 Å². The van der Waals surface area contributed by atoms with Gasteiger partial charge in [-0.2, -0.15) is 0 Å². The maximum atomic E-state index is 9.49. The SMILES string of the molecule is Oc1ccc2c(c1)oc1ccc(-c3nccs3)cc12.[CH3-].[NH-]CC(=O)O.[W+2]. The summed E-state index contributed by atoms with van der Waals surface area (Å²) >= 11 is 1.61. The molecule has 2 heterocycles. The van der Waals surface area contributed by atoms with E-state index in [4.69, 9.17) is 15.3 Å². The summed E-state index contributed by atoms with van der Waals surface area (Å²) in [5, 5.41) is 22.0. The molecule has 0 aliphatic rings. The van der Waals surface area contributed by atoms with Crippen LogP contribution < -0.4 is 0 Å². The van der Waals surface area contributed by atoms with Crippen molar-refractivity contribution in [2.45, 2.75) is 0 Å². The number of hydrogen-bond acceptors (Lipinski definition) is 5. The average Bonchev–Trinajstić information content (AvgIpc) is 3.21. The summed E-state index contributed by atoms with van der Waals surface area (Å²) in [5.41, 5.74) is 8.66. The second-order valence-corrected chi connectivity index (χ2v) is 5.80. The molecule has 0 bridgehead atoms. The zero-order valence-electron chi connectivity index (χ0n) is 13.8. The Morgan fingerprint density at radius 3 is 2.50 bits per heavy atom. The summed E-state index contributed by atoms with van der Waals surface area (Å²) < 4.78 is 5.73. The van der Waals surface area contributed by atoms with Gasteiger partial charge in [0.2, 0.25) is 0 Å². The average molecular weight is 540 g/mol. The Balaban J connectivity index is 0.000000433. The number of fused-ring (bicyclic) bond motifs is 3. The van der Waals surface area contributed by atoms with Crippen molar-refractivity contribution in [3.05, 3.63) is 61.1 Å². The van der Waals surface area contributed by atoms with Crippen molar-refractivity contribution in [2.24, 2.45) is 0 Å². The number of phenols is 1. The molecule has 2 aromatic carbocycles. The van der Waals surface area contributed by atoms with E-state index >= 15 is 0 Å². The fourth-order valence-corrected chi connectivity index (χ4v) is 2.90. The van der Waals surface area contributed by atoms with E-state index < -0.39 is 12.5 Å². The van der Waals surface area contributed by atoms with Gasteiger partial charge in [0.15, 0.2) is 0 Å². The molecule has 0 aliphatic carbocycles. The number of carbonyl (C=O) groups is 1. The van der Waals surface area contributed by atoms with Crippen molar-refractivity contribution in [3.8, 4) is 16.3 Å². The summed E-state index contributed by atoms with van der Waals surface area (Å²) in [5.74, 6) is -0.864. The summed E-state index contributed by atoms with van der Waals surface area (Å²) in [7, 11) is 0. The van der Waals surface area contributed by atoms with Gasteiger partial charge >= 0.3 is 21.1 Å². The zero-order valence-corrected chi connectivity index (χ0v) is 17.6. The van der Waals surface area contributed by atoms with Gasteiger partial charge in [0.25, 0.3) is 5.97 Å². The Kier molecular flexibility index (Phi) is 7.96. The molecular formula is C18H16N2O4SW. The number of aromatic hydroxyl groups is 1. The topological polar surface area (TPSA) is 107 Å². The van der Waals surface area contributed by atoms with Crippen LogP contribution in [-0.2, 0) is 25.9 Å². The number of nitrogens with one attached hydrogen (secondary N) is 1. The Morgan fingerprint density at radius 2 is 1.88 bits per heavy atom. The van der Waals surface area contributed by atoms with Crippen molar-refractivity contribution in [1.29, 1.82) is 0 Å². The molecule has 0 fully saturated rings. The predicted molar refractivity (Wildman–Crippen MR) is 99.7 cm³/mol. The minimum atomic E-state index is -1.08. The molecule has 8 heteroatoms. The normalized spacial score (nSPS) is 9.73. The van der Waals surface area contributed by atoms with Crippen molar-refractivity contribution in [2.75, 3.05) is 6.54 Å². The van der Waals surface area contributed by atoms with E-state index in [0.717, 1.165) is 26.9 Å². The molecule has 0 radical (unpaired) electrons. The van der Waals surface area contributed by atoms with Crippen LogP contribution in [0.1, 0.15) is 0 Å². The van der Waals surface area contributed by atoms with Gasteiger partial charge in [-0.3, -0.25) is 4.79 Å². The third kappa shape index (κ3) is 4.69. The van der Waals surface area contributed by atoms with E-state index in [1.54, 1.807) is 29.7 Å². The van der Waals surface area contributed by atoms with Crippen molar-refractivity contribution in [3.63, 3.8) is 0 Å². The van der Waals surface area contributed by atoms with Gasteiger partial charge in [-0.15, -0.1) is 11.3 Å². The van der Waals surface area contributed by atoms with Crippen molar-refractivity contribution >= 4 is 39.2 Å². The predicted octanol–water partition coefficient (Wildman–Crippen LogP) is 4.99. The van der Waals surface area contributed by atoms with Crippen LogP contribution in [0.3, 0.4) is 0 Å². The molecule has 0 amide bonds. The zero-order chi connectivity index (χ0) is 17.1. The van der Waals surface area contributed by atoms with Gasteiger partial charge in [-0.1, -0.05) is 6.54 Å². The van der Waals surface area contributed by atoms with Crippen LogP contribution in [0, 0.1) is 7.43 Å². The Hall–Kier alpha value is -2.21. The number of aliphatic carboxylic acids is 1. The first-order valence-corrected chi connectivity index (χ1v) is 7.88. The molecule has 134 valence electrons. The molecule has 2 aromatic heterocycles. The number of benzene rings is 2. The summed E-state index contributed by atoms with van der Waals surface area (Å²) in [6, 6.07) is 11.2. The Morgan fingerprint density at radius 1 is 1.15 bits per heavy atom. The number of hydrogen-bond donors (Lipinski definition) is 2. The van der Waals surface area contributed by atoms with Crippen LogP contribution in [0.2, 0.25) is 0 Å². The van der Waals surface area contributed by atoms with E-state index in [1.165, 1.54) is 0 Å². The number of furan rings is 1. The summed E-state index contributed by atoms with van der Waals surface area (Å²) in [6.45, 7) is -0.528. The molecule has 6 nitrogen and oxygen atoms in total. The molecule has 4 rings (SSSR count). The second-order valence-electron chi connectivity index (χ2n) is 4.90. The van der Waals surface area contributed by atoms with Gasteiger partial charge in [-0.25, -0.2) is 4.98 Å². The van der Waals surface area contributed by atoms with Crippen LogP contribution in [0.15, 0.2) is 52.4 Å². The minimum absolute atomic E-state index is 0. The number of carboxylic acids is 1. The molecule has 3 N–H and O–H groups in total. The van der Waals surface area contributed by atoms with Gasteiger partial charge in [0.1, 0.15) is 21.9 Å². The van der Waals surface area contributed by atoms with E-state index in [2.05, 4.69) is 11.1 Å². The molecule has 0 atom stereocenters. The van der Waals surface area contributed by atoms with E-state index in [9.17, 15) is 9.90 Å². The number of aromatic nitrogens is 1. The second kappa shape index (κ2) is 9.48. The first-order chi connectivity index (χ1) is 11.6. The number of phenolic OH excluding ortho intramolecular Hbond substituents is 1. The van der Waals surface area contributed by atoms with Crippen LogP contribution in [0.5, 0.6) is 5.75 Å². The van der Waals surface area contributed by atoms with Gasteiger partial charge in [0, 0.05) is 34.0 Å². The van der Waals surface area contributed by atoms with Gasteiger partial charge < -0.3 is 27.8 Å². The quantitative estimate of drug-likeness (QED) is 0.349. The van der Waals surface area contributed by atoms with E-state index in [1.807, 2.05) is 23.6 Å². The third-order valence-electron chi connectivity index (χ3n) is 3.29. The van der Waals surface area contributed by atoms with Crippen LogP contribution in [-0.4, -0.2) is 27.7 Å². The molecule has 0 saturated heterocycles. The molecule has 4 aromatic rings. The first kappa shape index (κ1) is 21.8. The molecule has 26 heavy (non-hydrogen) atoms. The molecule has 0 unspecified atom stereocenters. The fourth-order valence-electron chi connectivity index (χ4n) is 2.26. The number of nitrogens with zero attached hydrogens (tertiary/aromatic N) is 1. The van der Waals surface area contributed by atoms with E-state index in [-0.39, 0.29) is 34.2 Å². The summed E-state index contributed by atoms with van der Waals surface area (Å²) in [6.07, 6.45) is 1.80. The smallest absolute Gasteiger partial charge is 0.668 e. The number of thiazole rings is 1. The van der Waals surface area contributed by atoms with Gasteiger partial charge in [-0.05, 0) is 30.3 Å². The molecule has 0 spiro atoms. The Bertz CT molecular complexity index is 999. The molecule has 0 saturated carbocycles. The van der Waals surface area contributed by atoms with Crippen molar-refractivity contribution in [1.82, 2.24) is 4.98 Å². The minimum Gasteiger partial charge on any atom is -0.668 e. The first-order valence-electron chi connectivity index (χ1n) is 7.00. The maximum Gasteiger partial charge on any atom is 2.00 e. The number of rotatable bonds is 2. The Labute approximate surface area is 168 Å². The van der Waals surface area contributed by atoms with Crippen LogP contribution in [0.25, 0.3) is 38.2 Å². The molecule has 0 aliphatic heterocycles. The largest absolute Gasteiger partial charge is 2.00 e. The molecular weight excluding hydrogens is 524 g/mol. The van der Waals surface area contributed by atoms with E-state index in [0.29, 0.717) is 5.58 Å². The number of carboxylic acid groups (broad SMARTS) is 1. The monoisotopic (exact) mass is 540 g/mol. The van der Waals surface area contributed by atoms with Gasteiger partial charge in [0.05, 0.1) is 0 Å². The fraction of sp³-hybridized carbons (Fsp3) is 0.0556. The standard InChI is InChI=1S/C15H9NO2S.C2H4NO2.CH3.W/c17-10-2-3-11-12-7-9(15-16-5-6-19-15)1-4-13(12)18-14(11)8-10;3-1-2(4)5;;/h1-8,17H;3H,1H2,(H,4,5);1H3;/q;2*-1;+2.